The summed E-state index contributed by atoms with van der Waals surface area (Å²) in [5.74, 6) is -1.56. The molecule has 2 aromatic carbocycles. The van der Waals surface area contributed by atoms with Gasteiger partial charge in [-0.05, 0) is 49.2 Å². The van der Waals surface area contributed by atoms with Gasteiger partial charge in [0, 0.05) is 12.7 Å². The Bertz CT molecular complexity index is 1350. The number of amides is 1. The van der Waals surface area contributed by atoms with Crippen LogP contribution in [0.15, 0.2) is 60.8 Å². The van der Waals surface area contributed by atoms with E-state index in [0.717, 1.165) is 12.1 Å². The fourth-order valence-corrected chi connectivity index (χ4v) is 3.87. The molecule has 35 heavy (non-hydrogen) atoms. The molecule has 9 heteroatoms. The van der Waals surface area contributed by atoms with Crippen molar-refractivity contribution in [2.75, 3.05) is 0 Å². The number of nitrogens with one attached hydrogen (secondary N) is 1. The van der Waals surface area contributed by atoms with Crippen LogP contribution in [-0.4, -0.2) is 31.6 Å². The number of hydrogen-bond acceptors (Lipinski definition) is 5. The number of imidazole rings is 1. The molecule has 4 rings (SSSR count). The Kier molecular flexibility index (Phi) is 7.09. The van der Waals surface area contributed by atoms with Gasteiger partial charge in [-0.2, -0.15) is 0 Å². The van der Waals surface area contributed by atoms with Crippen LogP contribution in [0, 0.1) is 18.6 Å². The molecule has 0 bridgehead atoms. The minimum atomic E-state index is -1.08. The van der Waals surface area contributed by atoms with Crippen LogP contribution in [-0.2, 0) is 13.2 Å². The van der Waals surface area contributed by atoms with Gasteiger partial charge < -0.3 is 20.3 Å². The smallest absolute Gasteiger partial charge is 0.270 e. The Balaban J connectivity index is 1.56. The number of rotatable bonds is 8. The highest BCUT2D eigenvalue weighted by atomic mass is 19.1. The van der Waals surface area contributed by atoms with E-state index in [4.69, 9.17) is 4.74 Å². The van der Waals surface area contributed by atoms with E-state index in [9.17, 15) is 23.8 Å². The highest BCUT2D eigenvalue weighted by molar-refractivity contribution is 5.95. The van der Waals surface area contributed by atoms with Crippen molar-refractivity contribution >= 4 is 11.6 Å². The number of halogens is 2. The van der Waals surface area contributed by atoms with Crippen molar-refractivity contribution in [2.45, 2.75) is 39.2 Å². The number of ether oxygens (including phenoxy) is 1. The van der Waals surface area contributed by atoms with E-state index in [1.165, 1.54) is 13.0 Å². The highest BCUT2D eigenvalue weighted by Gasteiger charge is 2.21. The molecule has 0 saturated carbocycles. The van der Waals surface area contributed by atoms with Crippen LogP contribution in [0.4, 0.5) is 8.78 Å². The zero-order valence-electron chi connectivity index (χ0n) is 19.2. The number of pyridine rings is 1. The molecule has 0 spiro atoms. The summed E-state index contributed by atoms with van der Waals surface area (Å²) in [7, 11) is 0. The lowest BCUT2D eigenvalue weighted by Crippen LogP contribution is -2.26. The van der Waals surface area contributed by atoms with Crippen LogP contribution in [0.3, 0.4) is 0 Å². The second kappa shape index (κ2) is 10.2. The number of aliphatic hydroxyl groups is 2. The van der Waals surface area contributed by atoms with Crippen LogP contribution in [0.25, 0.3) is 5.65 Å². The second-order valence-corrected chi connectivity index (χ2v) is 8.17. The molecule has 2 atom stereocenters. The fourth-order valence-electron chi connectivity index (χ4n) is 3.87. The molecule has 0 aliphatic heterocycles. The number of aryl methyl sites for hydroxylation is 1. The van der Waals surface area contributed by atoms with Gasteiger partial charge in [0.2, 0.25) is 0 Å². The maximum atomic E-state index is 14.0. The Labute approximate surface area is 200 Å². The van der Waals surface area contributed by atoms with Gasteiger partial charge >= 0.3 is 0 Å². The van der Waals surface area contributed by atoms with E-state index in [0.29, 0.717) is 22.5 Å². The molecule has 0 unspecified atom stereocenters. The molecule has 4 aromatic rings. The number of nitrogens with zero attached hydrogens (tertiary/aromatic N) is 2. The third-order valence-electron chi connectivity index (χ3n) is 5.71. The summed E-state index contributed by atoms with van der Waals surface area (Å²) >= 11 is 0. The average Bonchev–Trinajstić information content (AvgIpc) is 3.18. The molecule has 1 amide bonds. The van der Waals surface area contributed by atoms with Gasteiger partial charge in [-0.15, -0.1) is 0 Å². The first-order valence-corrected chi connectivity index (χ1v) is 11.0. The first kappa shape index (κ1) is 24.3. The first-order valence-electron chi connectivity index (χ1n) is 11.0. The Morgan fingerprint density at radius 2 is 1.80 bits per heavy atom. The molecule has 0 radical (unpaired) electrons. The van der Waals surface area contributed by atoms with Crippen molar-refractivity contribution in [3.05, 3.63) is 101 Å². The van der Waals surface area contributed by atoms with E-state index in [-0.39, 0.29) is 30.2 Å². The summed E-state index contributed by atoms with van der Waals surface area (Å²) < 4.78 is 35.1. The molecule has 3 N–H and O–H groups in total. The Morgan fingerprint density at radius 1 is 1.09 bits per heavy atom. The molecule has 2 heterocycles. The predicted molar refractivity (Wildman–Crippen MR) is 125 cm³/mol. The van der Waals surface area contributed by atoms with E-state index in [2.05, 4.69) is 10.3 Å². The van der Waals surface area contributed by atoms with Crippen LogP contribution in [0.1, 0.15) is 45.9 Å². The predicted octanol–water partition coefficient (Wildman–Crippen LogP) is 3.84. The van der Waals surface area contributed by atoms with E-state index in [1.54, 1.807) is 53.9 Å². The number of hydrogen-bond donors (Lipinski definition) is 3. The zero-order chi connectivity index (χ0) is 25.1. The zero-order valence-corrected chi connectivity index (χ0v) is 19.2. The van der Waals surface area contributed by atoms with Crippen molar-refractivity contribution in [3.63, 3.8) is 0 Å². The fraction of sp³-hybridized carbons (Fsp3) is 0.231. The van der Waals surface area contributed by atoms with Crippen molar-refractivity contribution in [1.29, 1.82) is 0 Å². The summed E-state index contributed by atoms with van der Waals surface area (Å²) in [5, 5.41) is 22.9. The Morgan fingerprint density at radius 3 is 2.51 bits per heavy atom. The van der Waals surface area contributed by atoms with Crippen LogP contribution >= 0.6 is 0 Å². The second-order valence-electron chi connectivity index (χ2n) is 8.17. The summed E-state index contributed by atoms with van der Waals surface area (Å²) in [6, 6.07) is 13.8. The number of fused-ring (bicyclic) bond motifs is 1. The van der Waals surface area contributed by atoms with E-state index in [1.807, 2.05) is 0 Å². The number of carbonyl (C=O) groups excluding carboxylic acids is 1. The van der Waals surface area contributed by atoms with E-state index < -0.39 is 29.7 Å². The van der Waals surface area contributed by atoms with Gasteiger partial charge in [0.15, 0.2) is 11.4 Å². The van der Waals surface area contributed by atoms with Gasteiger partial charge in [0.05, 0.1) is 17.4 Å². The largest absolute Gasteiger partial charge is 0.485 e. The highest BCUT2D eigenvalue weighted by Crippen LogP contribution is 2.25. The number of carbonyl (C=O) groups is 1. The van der Waals surface area contributed by atoms with Crippen LogP contribution < -0.4 is 10.1 Å². The van der Waals surface area contributed by atoms with Crippen molar-refractivity contribution in [1.82, 2.24) is 14.7 Å². The topological polar surface area (TPSA) is 96.1 Å². The molecule has 0 aliphatic carbocycles. The SMILES string of the molecule is Cc1nc2c(OCc3c(F)cccc3F)cccn2c1C(=O)NCc1ccccc1[C@@H](O)[C@@H](C)O. The molecule has 182 valence electrons. The Hall–Kier alpha value is -3.82. The molecule has 0 fully saturated rings. The van der Waals surface area contributed by atoms with Crippen molar-refractivity contribution in [3.8, 4) is 5.75 Å². The first-order chi connectivity index (χ1) is 16.8. The van der Waals surface area contributed by atoms with Crippen LogP contribution in [0.5, 0.6) is 5.75 Å². The molecular weight excluding hydrogens is 456 g/mol. The third kappa shape index (κ3) is 5.01. The van der Waals surface area contributed by atoms with Gasteiger partial charge in [0.25, 0.3) is 5.91 Å². The van der Waals surface area contributed by atoms with Crippen molar-refractivity contribution in [2.24, 2.45) is 0 Å². The van der Waals surface area contributed by atoms with Crippen molar-refractivity contribution < 1.29 is 28.5 Å². The molecule has 0 saturated heterocycles. The summed E-state index contributed by atoms with van der Waals surface area (Å²) in [6.45, 7) is 2.94. The lowest BCUT2D eigenvalue weighted by Gasteiger charge is -2.18. The number of benzene rings is 2. The number of aliphatic hydroxyl groups excluding tert-OH is 2. The third-order valence-corrected chi connectivity index (χ3v) is 5.71. The van der Waals surface area contributed by atoms with Crippen LogP contribution in [0.2, 0.25) is 0 Å². The van der Waals surface area contributed by atoms with Gasteiger partial charge in [0.1, 0.15) is 30.0 Å². The maximum Gasteiger partial charge on any atom is 0.270 e. The lowest BCUT2D eigenvalue weighted by atomic mass is 9.99. The average molecular weight is 481 g/mol. The normalized spacial score (nSPS) is 13.0. The monoisotopic (exact) mass is 481 g/mol. The van der Waals surface area contributed by atoms with Gasteiger partial charge in [-0.1, -0.05) is 30.3 Å². The summed E-state index contributed by atoms with van der Waals surface area (Å²) in [5.41, 5.74) is 2.03. The maximum absolute atomic E-state index is 14.0. The lowest BCUT2D eigenvalue weighted by molar-refractivity contribution is 0.0299. The molecule has 7 nitrogen and oxygen atoms in total. The van der Waals surface area contributed by atoms with Gasteiger partial charge in [-0.3, -0.25) is 9.20 Å². The molecule has 0 aliphatic rings. The standard InChI is InChI=1S/C26H25F2N3O4/c1-15-23(26(34)29-13-17-7-3-4-8-18(17)24(33)16(2)32)31-12-6-11-22(25(31)30-15)35-14-19-20(27)9-5-10-21(19)28/h3-12,16,24,32-33H,13-14H2,1-2H3,(H,29,34)/t16-,24+/m1/s1. The molecular formula is C26H25F2N3O4. The summed E-state index contributed by atoms with van der Waals surface area (Å²) in [6.07, 6.45) is -0.407. The van der Waals surface area contributed by atoms with E-state index >= 15 is 0 Å². The molecule has 2 aromatic heterocycles. The minimum Gasteiger partial charge on any atom is -0.485 e. The quantitative estimate of drug-likeness (QED) is 0.355. The summed E-state index contributed by atoms with van der Waals surface area (Å²) in [4.78, 5) is 17.5. The van der Waals surface area contributed by atoms with Gasteiger partial charge in [-0.25, -0.2) is 13.8 Å². The number of aromatic nitrogens is 2. The minimum absolute atomic E-state index is 0.119.